The fraction of sp³-hybridized carbons (Fsp3) is 0.500. The molecule has 234 valence electrons. The molecule has 44 heavy (non-hydrogen) atoms. The second kappa shape index (κ2) is 13.1. The van der Waals surface area contributed by atoms with Crippen LogP contribution in [0.15, 0.2) is 29.1 Å². The normalized spacial score (nSPS) is 17.1. The number of carbonyl (C=O) groups excluding carboxylic acids is 3. The average Bonchev–Trinajstić information content (AvgIpc) is 3.37. The van der Waals surface area contributed by atoms with Crippen LogP contribution in [0.25, 0.3) is 22.3 Å². The maximum atomic E-state index is 13.7. The Morgan fingerprint density at radius 3 is 2.45 bits per heavy atom. The summed E-state index contributed by atoms with van der Waals surface area (Å²) < 4.78 is 7.40. The van der Waals surface area contributed by atoms with Gasteiger partial charge in [0.15, 0.2) is 11.6 Å². The second-order valence-corrected chi connectivity index (χ2v) is 12.2. The topological polar surface area (TPSA) is 139 Å². The first kappa shape index (κ1) is 31.7. The molecule has 3 heterocycles. The Morgan fingerprint density at radius 2 is 1.75 bits per heavy atom. The summed E-state index contributed by atoms with van der Waals surface area (Å²) in [4.78, 5) is 57.2. The lowest BCUT2D eigenvalue weighted by Crippen LogP contribution is -2.43. The van der Waals surface area contributed by atoms with Crippen LogP contribution < -0.4 is 10.3 Å². The summed E-state index contributed by atoms with van der Waals surface area (Å²) in [6.45, 7) is 2.25. The Hall–Kier alpha value is -3.73. The van der Waals surface area contributed by atoms with Crippen LogP contribution in [-0.4, -0.2) is 62.9 Å². The van der Waals surface area contributed by atoms with Gasteiger partial charge in [0, 0.05) is 47.9 Å². The van der Waals surface area contributed by atoms with Gasteiger partial charge in [0.1, 0.15) is 18.0 Å². The van der Waals surface area contributed by atoms with Gasteiger partial charge in [-0.2, -0.15) is 0 Å². The molecule has 1 aromatic carbocycles. The maximum absolute atomic E-state index is 13.7. The van der Waals surface area contributed by atoms with Crippen molar-refractivity contribution in [1.29, 1.82) is 0 Å². The number of esters is 1. The number of carbonyl (C=O) groups is 3. The molecule has 0 fully saturated rings. The quantitative estimate of drug-likeness (QED) is 0.133. The zero-order valence-electron chi connectivity index (χ0n) is 25.8. The molecule has 10 nitrogen and oxygen atoms in total. The van der Waals surface area contributed by atoms with Gasteiger partial charge in [-0.1, -0.05) is 26.2 Å². The fourth-order valence-electron chi connectivity index (χ4n) is 6.47. The van der Waals surface area contributed by atoms with Crippen LogP contribution >= 0.6 is 0 Å². The van der Waals surface area contributed by atoms with E-state index in [4.69, 9.17) is 14.8 Å². The number of nitrogens with zero attached hydrogens (tertiary/aromatic N) is 3. The monoisotopic (exact) mass is 603 g/mol. The summed E-state index contributed by atoms with van der Waals surface area (Å²) in [5.74, 6) is -0.284. The highest BCUT2D eigenvalue weighted by Gasteiger charge is 2.43. The number of pyridine rings is 2. The third kappa shape index (κ3) is 6.11. The maximum Gasteiger partial charge on any atom is 0.311 e. The van der Waals surface area contributed by atoms with Gasteiger partial charge in [0.25, 0.3) is 5.56 Å². The summed E-state index contributed by atoms with van der Waals surface area (Å²) in [6.07, 6.45) is 5.42. The number of hydrogen-bond donors (Lipinski definition) is 2. The van der Waals surface area contributed by atoms with Crippen LogP contribution in [0.3, 0.4) is 0 Å². The van der Waals surface area contributed by atoms with Crippen LogP contribution in [0.1, 0.15) is 87.0 Å². The molecule has 0 saturated carbocycles. The first-order valence-corrected chi connectivity index (χ1v) is 15.5. The largest absolute Gasteiger partial charge is 0.427 e. The Bertz CT molecular complexity index is 1680. The highest BCUT2D eigenvalue weighted by Crippen LogP contribution is 2.41. The molecule has 0 saturated heterocycles. The molecule has 0 unspecified atom stereocenters. The third-order valence-corrected chi connectivity index (χ3v) is 8.87. The average molecular weight is 604 g/mol. The van der Waals surface area contributed by atoms with E-state index in [9.17, 15) is 24.3 Å². The van der Waals surface area contributed by atoms with Crippen molar-refractivity contribution in [3.05, 3.63) is 56.9 Å². The second-order valence-electron chi connectivity index (χ2n) is 12.2. The predicted octanol–water partition coefficient (Wildman–Crippen LogP) is 3.80. The van der Waals surface area contributed by atoms with Crippen molar-refractivity contribution in [2.45, 2.75) is 89.8 Å². The highest BCUT2D eigenvalue weighted by atomic mass is 16.5. The molecule has 2 N–H and O–H groups in total. The van der Waals surface area contributed by atoms with Crippen molar-refractivity contribution >= 4 is 28.4 Å². The van der Waals surface area contributed by atoms with Gasteiger partial charge in [0.2, 0.25) is 0 Å². The van der Waals surface area contributed by atoms with Crippen molar-refractivity contribution < 1.29 is 29.3 Å². The summed E-state index contributed by atoms with van der Waals surface area (Å²) in [5.41, 5.74) is 2.87. The van der Waals surface area contributed by atoms with Crippen molar-refractivity contribution in [2.24, 2.45) is 0 Å². The number of aliphatic hydroxyl groups excluding tert-OH is 1. The lowest BCUT2D eigenvalue weighted by Gasteiger charge is -2.32. The predicted molar refractivity (Wildman–Crippen MR) is 165 cm³/mol. The molecule has 0 spiro atoms. The molecule has 0 amide bonds. The number of benzene rings is 1. The molecule has 1 atom stereocenters. The number of ketones is 2. The Balaban J connectivity index is 1.39. The minimum Gasteiger partial charge on any atom is -0.427 e. The number of unbranched alkanes of at least 4 members (excludes halogenated alkanes) is 4. The van der Waals surface area contributed by atoms with Gasteiger partial charge in [0.05, 0.1) is 23.4 Å². The van der Waals surface area contributed by atoms with Crippen molar-refractivity contribution in [1.82, 2.24) is 14.5 Å². The lowest BCUT2D eigenvalue weighted by atomic mass is 9.77. The van der Waals surface area contributed by atoms with E-state index in [2.05, 4.69) is 0 Å². The zero-order chi connectivity index (χ0) is 31.6. The molecule has 1 aliphatic carbocycles. The molecule has 0 radical (unpaired) electrons. The number of Topliss-reactive ketones (excluding diaryl/α,β-unsaturated/α-hetero) is 2. The molecular formula is C34H41N3O7. The zero-order valence-corrected chi connectivity index (χ0v) is 25.8. The van der Waals surface area contributed by atoms with Crippen molar-refractivity contribution in [3.8, 4) is 17.1 Å². The van der Waals surface area contributed by atoms with Gasteiger partial charge in [-0.05, 0) is 69.6 Å². The Labute approximate surface area is 256 Å². The molecule has 2 aromatic heterocycles. The smallest absolute Gasteiger partial charge is 0.311 e. The van der Waals surface area contributed by atoms with E-state index in [1.54, 1.807) is 23.6 Å². The Kier molecular flexibility index (Phi) is 9.43. The van der Waals surface area contributed by atoms with Crippen molar-refractivity contribution in [3.63, 3.8) is 0 Å². The van der Waals surface area contributed by atoms with Crippen LogP contribution in [0.4, 0.5) is 0 Å². The van der Waals surface area contributed by atoms with Gasteiger partial charge in [-0.3, -0.25) is 19.2 Å². The van der Waals surface area contributed by atoms with E-state index in [0.717, 1.165) is 42.2 Å². The fourth-order valence-corrected chi connectivity index (χ4v) is 6.47. The SMILES string of the molecule is CC[C@@]1(O)C(=O)CCc2c1cc1n(c2=O)Cc2c-1nc1ccc(OC(=O)CCCCCCCC(=O)CO)cc1c2CN(C)C. The van der Waals surface area contributed by atoms with Crippen LogP contribution in [-0.2, 0) is 39.5 Å². The molecule has 1 aliphatic heterocycles. The van der Waals surface area contributed by atoms with Crippen LogP contribution in [0, 0.1) is 0 Å². The lowest BCUT2D eigenvalue weighted by molar-refractivity contribution is -0.140. The number of fused-ring (bicyclic) bond motifs is 5. The first-order chi connectivity index (χ1) is 21.1. The molecule has 5 rings (SSSR count). The third-order valence-electron chi connectivity index (χ3n) is 8.87. The van der Waals surface area contributed by atoms with Gasteiger partial charge < -0.3 is 24.4 Å². The summed E-state index contributed by atoms with van der Waals surface area (Å²) in [7, 11) is 3.93. The number of aliphatic hydroxyl groups is 2. The van der Waals surface area contributed by atoms with Gasteiger partial charge >= 0.3 is 5.97 Å². The summed E-state index contributed by atoms with van der Waals surface area (Å²) >= 11 is 0. The molecule has 0 bridgehead atoms. The number of ether oxygens (including phenoxy) is 1. The standard InChI is InChI=1S/C34H41N3O7/c1-4-34(43)27-17-29-32-26(19-37(29)33(42)23(27)13-15-30(34)40)25(18-36(2)3)24-16-22(12-14-28(24)35-32)44-31(41)11-9-7-5-6-8-10-21(39)20-38/h12,14,16-17,38,43H,4-11,13,15,18-20H2,1-3H3/t34-/m0/s1. The van der Waals surface area contributed by atoms with Gasteiger partial charge in [-0.25, -0.2) is 4.98 Å². The Morgan fingerprint density at radius 1 is 1.02 bits per heavy atom. The van der Waals surface area contributed by atoms with E-state index in [1.165, 1.54) is 0 Å². The highest BCUT2D eigenvalue weighted by molar-refractivity contribution is 5.92. The molecule has 2 aliphatic rings. The molecule has 10 heteroatoms. The van der Waals surface area contributed by atoms with Crippen LogP contribution in [0.5, 0.6) is 5.75 Å². The molecule has 3 aromatic rings. The van der Waals surface area contributed by atoms with E-state index in [-0.39, 0.29) is 42.4 Å². The van der Waals surface area contributed by atoms with E-state index < -0.39 is 12.2 Å². The van der Waals surface area contributed by atoms with Crippen LogP contribution in [0.2, 0.25) is 0 Å². The molecular weight excluding hydrogens is 562 g/mol. The van der Waals surface area contributed by atoms with E-state index in [1.807, 2.05) is 31.1 Å². The van der Waals surface area contributed by atoms with Crippen molar-refractivity contribution in [2.75, 3.05) is 20.7 Å². The summed E-state index contributed by atoms with van der Waals surface area (Å²) in [6, 6.07) is 7.16. The van der Waals surface area contributed by atoms with E-state index in [0.29, 0.717) is 66.1 Å². The number of hydrogen-bond acceptors (Lipinski definition) is 9. The van der Waals surface area contributed by atoms with Gasteiger partial charge in [-0.15, -0.1) is 0 Å². The number of rotatable bonds is 13. The minimum atomic E-state index is -1.67. The van der Waals surface area contributed by atoms with E-state index >= 15 is 0 Å². The first-order valence-electron chi connectivity index (χ1n) is 15.5. The minimum absolute atomic E-state index is 0.141. The number of aromatic nitrogens is 2. The summed E-state index contributed by atoms with van der Waals surface area (Å²) in [5, 5.41) is 20.9.